The molecule has 1 N–H and O–H groups in total. The van der Waals surface area contributed by atoms with Crippen LogP contribution in [0.3, 0.4) is 0 Å². The first kappa shape index (κ1) is 13.1. The minimum atomic E-state index is -0.0246. The zero-order valence-electron chi connectivity index (χ0n) is 10.0. The molecule has 88 valence electrons. The third-order valence-corrected chi connectivity index (χ3v) is 3.11. The molecule has 3 heteroatoms. The van der Waals surface area contributed by atoms with Crippen LogP contribution in [0.15, 0.2) is 29.2 Å². The summed E-state index contributed by atoms with van der Waals surface area (Å²) >= 11 is 4.21. The molecule has 0 saturated heterocycles. The molecule has 0 spiro atoms. The van der Waals surface area contributed by atoms with Gasteiger partial charge in [0.2, 0.25) is 0 Å². The number of hydrogen-bond acceptors (Lipinski definition) is 2. The van der Waals surface area contributed by atoms with Gasteiger partial charge >= 0.3 is 0 Å². The number of hydrogen-bond donors (Lipinski definition) is 2. The number of rotatable bonds is 4. The van der Waals surface area contributed by atoms with Crippen LogP contribution in [0.2, 0.25) is 0 Å². The van der Waals surface area contributed by atoms with Crippen LogP contribution in [-0.2, 0) is 0 Å². The number of carbonyl (C=O) groups is 1. The maximum Gasteiger partial charge on any atom is 0.251 e. The molecule has 2 nitrogen and oxygen atoms in total. The number of thiol groups is 1. The van der Waals surface area contributed by atoms with Gasteiger partial charge in [-0.2, -0.15) is 0 Å². The molecule has 1 unspecified atom stereocenters. The molecule has 1 rings (SSSR count). The van der Waals surface area contributed by atoms with Crippen LogP contribution in [0, 0.1) is 11.8 Å². The van der Waals surface area contributed by atoms with Crippen molar-refractivity contribution >= 4 is 18.5 Å². The maximum absolute atomic E-state index is 11.8. The molecule has 0 aliphatic heterocycles. The lowest BCUT2D eigenvalue weighted by molar-refractivity contribution is 0.0944. The van der Waals surface area contributed by atoms with E-state index in [9.17, 15) is 4.79 Å². The van der Waals surface area contributed by atoms with E-state index in [-0.39, 0.29) is 5.91 Å². The van der Waals surface area contributed by atoms with Gasteiger partial charge in [-0.25, -0.2) is 0 Å². The standard InChI is InChI=1S/C13H19NOS/c1-9(2)10(3)8-14-13(15)11-5-4-6-12(16)7-11/h4-7,9-10,16H,8H2,1-3H3,(H,14,15). The van der Waals surface area contributed by atoms with Crippen molar-refractivity contribution in [3.8, 4) is 0 Å². The minimum absolute atomic E-state index is 0.0246. The quantitative estimate of drug-likeness (QED) is 0.774. The molecule has 0 radical (unpaired) electrons. The van der Waals surface area contributed by atoms with Crippen molar-refractivity contribution in [1.82, 2.24) is 5.32 Å². The van der Waals surface area contributed by atoms with Crippen LogP contribution in [0.1, 0.15) is 31.1 Å². The van der Waals surface area contributed by atoms with E-state index in [0.717, 1.165) is 4.90 Å². The smallest absolute Gasteiger partial charge is 0.251 e. The predicted molar refractivity (Wildman–Crippen MR) is 70.0 cm³/mol. The summed E-state index contributed by atoms with van der Waals surface area (Å²) in [5.74, 6) is 1.04. The average Bonchev–Trinajstić information content (AvgIpc) is 2.25. The second-order valence-corrected chi connectivity index (χ2v) is 5.00. The molecule has 0 aromatic heterocycles. The third-order valence-electron chi connectivity index (χ3n) is 2.83. The largest absolute Gasteiger partial charge is 0.352 e. The first-order chi connectivity index (χ1) is 7.50. The molecular weight excluding hydrogens is 218 g/mol. The highest BCUT2D eigenvalue weighted by atomic mass is 32.1. The lowest BCUT2D eigenvalue weighted by Gasteiger charge is -2.16. The Labute approximate surface area is 103 Å². The van der Waals surface area contributed by atoms with Crippen LogP contribution < -0.4 is 5.32 Å². The van der Waals surface area contributed by atoms with Crippen molar-refractivity contribution in [1.29, 1.82) is 0 Å². The van der Waals surface area contributed by atoms with E-state index < -0.39 is 0 Å². The van der Waals surface area contributed by atoms with Crippen molar-refractivity contribution in [3.05, 3.63) is 29.8 Å². The molecule has 1 aromatic rings. The highest BCUT2D eigenvalue weighted by Crippen LogP contribution is 2.10. The highest BCUT2D eigenvalue weighted by Gasteiger charge is 2.10. The summed E-state index contributed by atoms with van der Waals surface area (Å²) in [6, 6.07) is 7.27. The van der Waals surface area contributed by atoms with E-state index >= 15 is 0 Å². The van der Waals surface area contributed by atoms with Crippen LogP contribution in [0.5, 0.6) is 0 Å². The Bertz CT molecular complexity index is 363. The van der Waals surface area contributed by atoms with Crippen molar-refractivity contribution in [3.63, 3.8) is 0 Å². The first-order valence-corrected chi connectivity index (χ1v) is 6.02. The Kier molecular flexibility index (Phi) is 4.87. The van der Waals surface area contributed by atoms with Crippen molar-refractivity contribution < 1.29 is 4.79 Å². The van der Waals surface area contributed by atoms with E-state index in [4.69, 9.17) is 0 Å². The summed E-state index contributed by atoms with van der Waals surface area (Å²) < 4.78 is 0. The van der Waals surface area contributed by atoms with Crippen LogP contribution in [0.25, 0.3) is 0 Å². The zero-order chi connectivity index (χ0) is 12.1. The van der Waals surface area contributed by atoms with E-state index in [2.05, 4.69) is 38.7 Å². The Morgan fingerprint density at radius 3 is 2.62 bits per heavy atom. The number of carbonyl (C=O) groups excluding carboxylic acids is 1. The second-order valence-electron chi connectivity index (χ2n) is 4.48. The molecule has 0 aliphatic rings. The van der Waals surface area contributed by atoms with Gasteiger partial charge in [0, 0.05) is 17.0 Å². The number of nitrogens with one attached hydrogen (secondary N) is 1. The molecule has 0 fully saturated rings. The Morgan fingerprint density at radius 1 is 1.38 bits per heavy atom. The summed E-state index contributed by atoms with van der Waals surface area (Å²) in [4.78, 5) is 12.6. The van der Waals surface area contributed by atoms with Crippen LogP contribution in [0.4, 0.5) is 0 Å². The van der Waals surface area contributed by atoms with E-state index in [1.165, 1.54) is 0 Å². The molecule has 16 heavy (non-hydrogen) atoms. The molecule has 0 aliphatic carbocycles. The van der Waals surface area contributed by atoms with Crippen molar-refractivity contribution in [2.45, 2.75) is 25.7 Å². The van der Waals surface area contributed by atoms with Gasteiger partial charge in [0.05, 0.1) is 0 Å². The van der Waals surface area contributed by atoms with Gasteiger partial charge < -0.3 is 5.32 Å². The van der Waals surface area contributed by atoms with E-state index in [1.54, 1.807) is 12.1 Å². The van der Waals surface area contributed by atoms with E-state index in [1.807, 2.05) is 12.1 Å². The molecule has 1 aromatic carbocycles. The van der Waals surface area contributed by atoms with Crippen molar-refractivity contribution in [2.75, 3.05) is 6.54 Å². The van der Waals surface area contributed by atoms with Gasteiger partial charge in [0.1, 0.15) is 0 Å². The van der Waals surface area contributed by atoms with Gasteiger partial charge in [-0.1, -0.05) is 26.8 Å². The van der Waals surface area contributed by atoms with E-state index in [0.29, 0.717) is 23.9 Å². The third kappa shape index (κ3) is 3.89. The number of benzene rings is 1. The fourth-order valence-corrected chi connectivity index (χ4v) is 1.46. The Hall–Kier alpha value is -0.960. The SMILES string of the molecule is CC(C)C(C)CNC(=O)c1cccc(S)c1. The molecule has 0 saturated carbocycles. The highest BCUT2D eigenvalue weighted by molar-refractivity contribution is 7.80. The summed E-state index contributed by atoms with van der Waals surface area (Å²) in [6.07, 6.45) is 0. The molecule has 1 amide bonds. The van der Waals surface area contributed by atoms with Gasteiger partial charge in [-0.3, -0.25) is 4.79 Å². The normalized spacial score (nSPS) is 12.6. The minimum Gasteiger partial charge on any atom is -0.352 e. The summed E-state index contributed by atoms with van der Waals surface area (Å²) in [5.41, 5.74) is 0.670. The molecular formula is C13H19NOS. The topological polar surface area (TPSA) is 29.1 Å². The molecule has 0 heterocycles. The average molecular weight is 237 g/mol. The van der Waals surface area contributed by atoms with Crippen LogP contribution >= 0.6 is 12.6 Å². The second kappa shape index (κ2) is 5.94. The summed E-state index contributed by atoms with van der Waals surface area (Å²) in [6.45, 7) is 7.17. The lowest BCUT2D eigenvalue weighted by Crippen LogP contribution is -2.30. The predicted octanol–water partition coefficient (Wildman–Crippen LogP) is 3.00. The Morgan fingerprint density at radius 2 is 2.06 bits per heavy atom. The maximum atomic E-state index is 11.8. The number of amides is 1. The summed E-state index contributed by atoms with van der Waals surface area (Å²) in [7, 11) is 0. The fourth-order valence-electron chi connectivity index (χ4n) is 1.24. The van der Waals surface area contributed by atoms with Crippen LogP contribution in [-0.4, -0.2) is 12.5 Å². The van der Waals surface area contributed by atoms with Gasteiger partial charge in [0.15, 0.2) is 0 Å². The summed E-state index contributed by atoms with van der Waals surface area (Å²) in [5, 5.41) is 2.93. The lowest BCUT2D eigenvalue weighted by atomic mass is 9.98. The molecule has 0 bridgehead atoms. The molecule has 1 atom stereocenters. The zero-order valence-corrected chi connectivity index (χ0v) is 10.9. The monoisotopic (exact) mass is 237 g/mol. The van der Waals surface area contributed by atoms with Gasteiger partial charge in [0.25, 0.3) is 5.91 Å². The van der Waals surface area contributed by atoms with Crippen molar-refractivity contribution in [2.24, 2.45) is 11.8 Å². The fraction of sp³-hybridized carbons (Fsp3) is 0.462. The van der Waals surface area contributed by atoms with Gasteiger partial charge in [-0.05, 0) is 30.0 Å². The first-order valence-electron chi connectivity index (χ1n) is 5.58. The van der Waals surface area contributed by atoms with Gasteiger partial charge in [-0.15, -0.1) is 12.6 Å². The Balaban J connectivity index is 2.53.